The van der Waals surface area contributed by atoms with Crippen molar-refractivity contribution in [2.45, 2.75) is 13.5 Å². The normalized spacial score (nSPS) is 10.6. The summed E-state index contributed by atoms with van der Waals surface area (Å²) in [6.45, 7) is 2.25. The third-order valence-electron chi connectivity index (χ3n) is 4.35. The first-order valence-corrected chi connectivity index (χ1v) is 10.7. The predicted molar refractivity (Wildman–Crippen MR) is 117 cm³/mol. The van der Waals surface area contributed by atoms with Crippen LogP contribution in [0.5, 0.6) is 11.5 Å². The van der Waals surface area contributed by atoms with Crippen molar-refractivity contribution in [3.8, 4) is 22.8 Å². The van der Waals surface area contributed by atoms with Crippen LogP contribution in [0.3, 0.4) is 0 Å². The SMILES string of the molecule is COc1ccc(-c2csc(NC(=O)c3ccc(OCc4nsnc4C)cc3)n2)cc1. The van der Waals surface area contributed by atoms with Gasteiger partial charge in [0.1, 0.15) is 23.8 Å². The molecule has 7 nitrogen and oxygen atoms in total. The van der Waals surface area contributed by atoms with E-state index in [-0.39, 0.29) is 5.91 Å². The Morgan fingerprint density at radius 2 is 1.77 bits per heavy atom. The Kier molecular flexibility index (Phi) is 6.01. The molecule has 0 spiro atoms. The Morgan fingerprint density at radius 1 is 1.03 bits per heavy atom. The maximum absolute atomic E-state index is 12.5. The van der Waals surface area contributed by atoms with Crippen molar-refractivity contribution < 1.29 is 14.3 Å². The number of hydrogen-bond acceptors (Lipinski definition) is 8. The van der Waals surface area contributed by atoms with Crippen molar-refractivity contribution in [1.29, 1.82) is 0 Å². The predicted octanol–water partition coefficient (Wildman–Crippen LogP) is 4.81. The van der Waals surface area contributed by atoms with Crippen LogP contribution >= 0.6 is 23.1 Å². The van der Waals surface area contributed by atoms with E-state index in [1.54, 1.807) is 31.4 Å². The van der Waals surface area contributed by atoms with Gasteiger partial charge in [0.25, 0.3) is 5.91 Å². The Bertz CT molecular complexity index is 1140. The second-order valence-corrected chi connectivity index (χ2v) is 7.72. The number of amides is 1. The average molecular weight is 439 g/mol. The molecule has 0 fully saturated rings. The molecule has 152 valence electrons. The number of ether oxygens (including phenoxy) is 2. The van der Waals surface area contributed by atoms with E-state index in [0.29, 0.717) is 23.1 Å². The summed E-state index contributed by atoms with van der Waals surface area (Å²) < 4.78 is 19.2. The number of hydrogen-bond donors (Lipinski definition) is 1. The number of carbonyl (C=O) groups is 1. The summed E-state index contributed by atoms with van der Waals surface area (Å²) in [5, 5.41) is 5.28. The van der Waals surface area contributed by atoms with Gasteiger partial charge in [0, 0.05) is 16.5 Å². The minimum Gasteiger partial charge on any atom is -0.497 e. The van der Waals surface area contributed by atoms with Gasteiger partial charge in [0.2, 0.25) is 0 Å². The first-order valence-electron chi connectivity index (χ1n) is 9.04. The van der Waals surface area contributed by atoms with Gasteiger partial charge in [-0.15, -0.1) is 11.3 Å². The number of aromatic nitrogens is 3. The van der Waals surface area contributed by atoms with Crippen LogP contribution in [0, 0.1) is 6.92 Å². The smallest absolute Gasteiger partial charge is 0.257 e. The largest absolute Gasteiger partial charge is 0.497 e. The standard InChI is InChI=1S/C21H18N4O3S2/c1-13-18(25-30-24-13)11-28-17-9-5-15(6-10-17)20(26)23-21-22-19(12-29-21)14-3-7-16(27-2)8-4-14/h3-10,12H,11H2,1-2H3,(H,22,23,26). The molecule has 0 radical (unpaired) electrons. The summed E-state index contributed by atoms with van der Waals surface area (Å²) in [5.41, 5.74) is 3.97. The average Bonchev–Trinajstić information content (AvgIpc) is 3.41. The van der Waals surface area contributed by atoms with Crippen LogP contribution in [0.4, 0.5) is 5.13 Å². The third kappa shape index (κ3) is 4.64. The van der Waals surface area contributed by atoms with E-state index in [1.165, 1.54) is 23.1 Å². The quantitative estimate of drug-likeness (QED) is 0.446. The molecule has 2 heterocycles. The van der Waals surface area contributed by atoms with Crippen LogP contribution in [0.25, 0.3) is 11.3 Å². The highest BCUT2D eigenvalue weighted by Crippen LogP contribution is 2.27. The van der Waals surface area contributed by atoms with E-state index >= 15 is 0 Å². The van der Waals surface area contributed by atoms with Crippen LogP contribution in [-0.4, -0.2) is 26.7 Å². The molecule has 0 aliphatic heterocycles. The van der Waals surface area contributed by atoms with Gasteiger partial charge in [-0.05, 0) is 55.5 Å². The number of aryl methyl sites for hydroxylation is 1. The molecule has 0 bridgehead atoms. The molecule has 0 aliphatic carbocycles. The first-order chi connectivity index (χ1) is 14.6. The van der Waals surface area contributed by atoms with Crippen molar-refractivity contribution in [3.63, 3.8) is 0 Å². The number of benzene rings is 2. The number of nitrogens with one attached hydrogen (secondary N) is 1. The van der Waals surface area contributed by atoms with Gasteiger partial charge in [-0.2, -0.15) is 8.75 Å². The molecular weight excluding hydrogens is 420 g/mol. The van der Waals surface area contributed by atoms with Crippen LogP contribution in [-0.2, 0) is 6.61 Å². The molecule has 4 aromatic rings. The van der Waals surface area contributed by atoms with Gasteiger partial charge >= 0.3 is 0 Å². The lowest BCUT2D eigenvalue weighted by atomic mass is 10.2. The summed E-state index contributed by atoms with van der Waals surface area (Å²) in [6.07, 6.45) is 0. The monoisotopic (exact) mass is 438 g/mol. The number of anilines is 1. The van der Waals surface area contributed by atoms with Crippen LogP contribution in [0.2, 0.25) is 0 Å². The fourth-order valence-electron chi connectivity index (χ4n) is 2.63. The zero-order chi connectivity index (χ0) is 20.9. The molecular formula is C21H18N4O3S2. The van der Waals surface area contributed by atoms with Gasteiger partial charge in [0.05, 0.1) is 30.2 Å². The first kappa shape index (κ1) is 20.0. The fraction of sp³-hybridized carbons (Fsp3) is 0.143. The van der Waals surface area contributed by atoms with E-state index in [1.807, 2.05) is 36.6 Å². The van der Waals surface area contributed by atoms with Crippen LogP contribution < -0.4 is 14.8 Å². The Hall–Kier alpha value is -3.30. The van der Waals surface area contributed by atoms with Gasteiger partial charge in [-0.3, -0.25) is 10.1 Å². The molecule has 0 atom stereocenters. The fourth-order valence-corrected chi connectivity index (χ4v) is 3.90. The Labute approximate surface area is 181 Å². The van der Waals surface area contributed by atoms with Crippen molar-refractivity contribution >= 4 is 34.1 Å². The van der Waals surface area contributed by atoms with E-state index < -0.39 is 0 Å². The minimum atomic E-state index is -0.225. The van der Waals surface area contributed by atoms with Gasteiger partial charge < -0.3 is 9.47 Å². The van der Waals surface area contributed by atoms with Crippen molar-refractivity contribution in [3.05, 3.63) is 70.9 Å². The molecule has 1 N–H and O–H groups in total. The number of nitrogens with zero attached hydrogens (tertiary/aromatic N) is 3. The highest BCUT2D eigenvalue weighted by atomic mass is 32.1. The molecule has 2 aromatic carbocycles. The van der Waals surface area contributed by atoms with Crippen molar-refractivity contribution in [1.82, 2.24) is 13.7 Å². The highest BCUT2D eigenvalue weighted by molar-refractivity contribution is 7.14. The molecule has 0 saturated heterocycles. The molecule has 1 amide bonds. The molecule has 9 heteroatoms. The van der Waals surface area contributed by atoms with E-state index in [2.05, 4.69) is 19.0 Å². The number of methoxy groups -OCH3 is 1. The summed E-state index contributed by atoms with van der Waals surface area (Å²) in [6, 6.07) is 14.6. The third-order valence-corrected chi connectivity index (χ3v) is 5.76. The second-order valence-electron chi connectivity index (χ2n) is 6.33. The van der Waals surface area contributed by atoms with E-state index in [0.717, 1.165) is 28.4 Å². The topological polar surface area (TPSA) is 86.2 Å². The lowest BCUT2D eigenvalue weighted by Crippen LogP contribution is -2.11. The van der Waals surface area contributed by atoms with E-state index in [4.69, 9.17) is 9.47 Å². The van der Waals surface area contributed by atoms with Gasteiger partial charge in [-0.1, -0.05) is 0 Å². The minimum absolute atomic E-state index is 0.225. The zero-order valence-electron chi connectivity index (χ0n) is 16.3. The number of carbonyl (C=O) groups excluding carboxylic acids is 1. The summed E-state index contributed by atoms with van der Waals surface area (Å²) in [5.74, 6) is 1.22. The lowest BCUT2D eigenvalue weighted by molar-refractivity contribution is 0.102. The summed E-state index contributed by atoms with van der Waals surface area (Å²) in [4.78, 5) is 17.0. The maximum Gasteiger partial charge on any atom is 0.257 e. The van der Waals surface area contributed by atoms with E-state index in [9.17, 15) is 4.79 Å². The van der Waals surface area contributed by atoms with Crippen molar-refractivity contribution in [2.75, 3.05) is 12.4 Å². The number of thiazole rings is 1. The van der Waals surface area contributed by atoms with Gasteiger partial charge in [0.15, 0.2) is 5.13 Å². The zero-order valence-corrected chi connectivity index (χ0v) is 17.9. The molecule has 30 heavy (non-hydrogen) atoms. The maximum atomic E-state index is 12.5. The van der Waals surface area contributed by atoms with Crippen LogP contribution in [0.1, 0.15) is 21.7 Å². The molecule has 0 unspecified atom stereocenters. The molecule has 2 aromatic heterocycles. The van der Waals surface area contributed by atoms with Crippen molar-refractivity contribution in [2.24, 2.45) is 0 Å². The van der Waals surface area contributed by atoms with Gasteiger partial charge in [-0.25, -0.2) is 4.98 Å². The van der Waals surface area contributed by atoms with Crippen LogP contribution in [0.15, 0.2) is 53.9 Å². The molecule has 0 saturated carbocycles. The molecule has 4 rings (SSSR count). The Morgan fingerprint density at radius 3 is 2.43 bits per heavy atom. The highest BCUT2D eigenvalue weighted by Gasteiger charge is 2.11. The number of rotatable bonds is 7. The lowest BCUT2D eigenvalue weighted by Gasteiger charge is -2.06. The Balaban J connectivity index is 1.36. The summed E-state index contributed by atoms with van der Waals surface area (Å²) in [7, 11) is 1.63. The molecule has 0 aliphatic rings. The summed E-state index contributed by atoms with van der Waals surface area (Å²) >= 11 is 2.54. The second kappa shape index (κ2) is 9.02.